The van der Waals surface area contributed by atoms with Crippen molar-refractivity contribution in [3.8, 4) is 0 Å². The minimum atomic E-state index is 0.464. The first-order chi connectivity index (χ1) is 12.2. The number of benzene rings is 1. The predicted molar refractivity (Wildman–Crippen MR) is 100 cm³/mol. The van der Waals surface area contributed by atoms with Gasteiger partial charge in [0.05, 0.1) is 5.69 Å². The van der Waals surface area contributed by atoms with Crippen LogP contribution < -0.4 is 4.90 Å². The lowest BCUT2D eigenvalue weighted by atomic mass is 10.1. The second kappa shape index (κ2) is 7.06. The average Bonchev–Trinajstić information content (AvgIpc) is 2.62. The molecule has 0 N–H and O–H groups in total. The third-order valence-corrected chi connectivity index (χ3v) is 5.53. The maximum absolute atomic E-state index is 5.43. The van der Waals surface area contributed by atoms with Gasteiger partial charge in [-0.15, -0.1) is 0 Å². The fraction of sp³-hybridized carbons (Fsp3) is 0.368. The van der Waals surface area contributed by atoms with Gasteiger partial charge in [0.1, 0.15) is 11.8 Å². The molecule has 0 bridgehead atoms. The van der Waals surface area contributed by atoms with E-state index < -0.39 is 0 Å². The number of nitrogens with zero attached hydrogens (tertiary/aromatic N) is 4. The summed E-state index contributed by atoms with van der Waals surface area (Å²) in [7, 11) is 1.71. The van der Waals surface area contributed by atoms with Crippen LogP contribution in [0.4, 0.5) is 11.5 Å². The Morgan fingerprint density at radius 1 is 1.24 bits per heavy atom. The van der Waals surface area contributed by atoms with Crippen LogP contribution in [0.3, 0.4) is 0 Å². The van der Waals surface area contributed by atoms with Gasteiger partial charge in [0, 0.05) is 37.5 Å². The standard InChI is InChI=1S/C19H22N4OS/c1-14-4-3-9-22(11-14)12-15-5-6-17-16(10-15)23(13-24-2)18-19(25-17)21-8-7-20-18/h5-8,10-11H,3-4,9,12-13H2,1-2H3. The second-order valence-electron chi connectivity index (χ2n) is 6.48. The molecule has 25 heavy (non-hydrogen) atoms. The van der Waals surface area contributed by atoms with E-state index in [9.17, 15) is 0 Å². The van der Waals surface area contributed by atoms with E-state index in [1.54, 1.807) is 31.3 Å². The van der Waals surface area contributed by atoms with E-state index in [2.05, 4.69) is 51.1 Å². The molecule has 0 aliphatic carbocycles. The summed E-state index contributed by atoms with van der Waals surface area (Å²) in [6, 6.07) is 6.67. The molecule has 5 nitrogen and oxygen atoms in total. The fourth-order valence-corrected chi connectivity index (χ4v) is 4.36. The molecule has 130 valence electrons. The number of fused-ring (bicyclic) bond motifs is 2. The number of aromatic nitrogens is 2. The number of hydrogen-bond donors (Lipinski definition) is 0. The van der Waals surface area contributed by atoms with Gasteiger partial charge in [-0.25, -0.2) is 9.97 Å². The molecule has 2 aliphatic rings. The molecule has 0 atom stereocenters. The third-order valence-electron chi connectivity index (χ3n) is 4.49. The Hall–Kier alpha value is -2.05. The molecule has 2 aliphatic heterocycles. The molecule has 1 aromatic heterocycles. The Balaban J connectivity index is 1.65. The van der Waals surface area contributed by atoms with Gasteiger partial charge in [0.15, 0.2) is 5.82 Å². The minimum absolute atomic E-state index is 0.464. The molecular weight excluding hydrogens is 332 g/mol. The zero-order valence-electron chi connectivity index (χ0n) is 14.6. The number of hydrogen-bond acceptors (Lipinski definition) is 6. The van der Waals surface area contributed by atoms with Gasteiger partial charge in [-0.3, -0.25) is 4.90 Å². The van der Waals surface area contributed by atoms with Crippen molar-refractivity contribution in [1.29, 1.82) is 0 Å². The molecule has 0 saturated heterocycles. The van der Waals surface area contributed by atoms with Crippen molar-refractivity contribution < 1.29 is 4.74 Å². The van der Waals surface area contributed by atoms with Gasteiger partial charge in [0.2, 0.25) is 0 Å². The molecule has 6 heteroatoms. The Morgan fingerprint density at radius 2 is 2.12 bits per heavy atom. The third kappa shape index (κ3) is 3.37. The molecule has 4 rings (SSSR count). The van der Waals surface area contributed by atoms with Crippen molar-refractivity contribution in [2.45, 2.75) is 36.2 Å². The molecule has 0 fully saturated rings. The maximum atomic E-state index is 5.43. The van der Waals surface area contributed by atoms with Crippen LogP contribution in [0.2, 0.25) is 0 Å². The average molecular weight is 354 g/mol. The molecule has 0 spiro atoms. The van der Waals surface area contributed by atoms with E-state index in [1.165, 1.54) is 28.9 Å². The summed E-state index contributed by atoms with van der Waals surface area (Å²) in [4.78, 5) is 14.7. The largest absolute Gasteiger partial charge is 0.373 e. The highest BCUT2D eigenvalue weighted by molar-refractivity contribution is 7.99. The van der Waals surface area contributed by atoms with Crippen LogP contribution in [0.1, 0.15) is 25.3 Å². The zero-order chi connectivity index (χ0) is 17.2. The normalized spacial score (nSPS) is 16.3. The minimum Gasteiger partial charge on any atom is -0.373 e. The van der Waals surface area contributed by atoms with Crippen LogP contribution in [-0.2, 0) is 11.3 Å². The highest BCUT2D eigenvalue weighted by Crippen LogP contribution is 2.46. The fourth-order valence-electron chi connectivity index (χ4n) is 3.37. The maximum Gasteiger partial charge on any atom is 0.168 e. The number of ether oxygens (including phenoxy) is 1. The van der Waals surface area contributed by atoms with E-state index >= 15 is 0 Å². The molecule has 3 heterocycles. The quantitative estimate of drug-likeness (QED) is 0.820. The lowest BCUT2D eigenvalue weighted by Crippen LogP contribution is -2.25. The summed E-state index contributed by atoms with van der Waals surface area (Å²) in [6.45, 7) is 4.74. The molecule has 1 aromatic carbocycles. The van der Waals surface area contributed by atoms with E-state index in [-0.39, 0.29) is 0 Å². The Labute approximate surface area is 152 Å². The lowest BCUT2D eigenvalue weighted by molar-refractivity contribution is 0.204. The van der Waals surface area contributed by atoms with Gasteiger partial charge in [-0.05, 0) is 43.7 Å². The van der Waals surface area contributed by atoms with Crippen LogP contribution in [0.15, 0.2) is 52.3 Å². The summed E-state index contributed by atoms with van der Waals surface area (Å²) in [5.74, 6) is 0.868. The van der Waals surface area contributed by atoms with Gasteiger partial charge < -0.3 is 9.64 Å². The van der Waals surface area contributed by atoms with Gasteiger partial charge in [-0.1, -0.05) is 23.4 Å². The van der Waals surface area contributed by atoms with Crippen molar-refractivity contribution in [2.24, 2.45) is 0 Å². The topological polar surface area (TPSA) is 41.5 Å². The molecule has 0 unspecified atom stereocenters. The van der Waals surface area contributed by atoms with Crippen LogP contribution in [0, 0.1) is 0 Å². The van der Waals surface area contributed by atoms with Crippen molar-refractivity contribution in [3.05, 3.63) is 47.9 Å². The lowest BCUT2D eigenvalue weighted by Gasteiger charge is -2.31. The van der Waals surface area contributed by atoms with Crippen molar-refractivity contribution >= 4 is 23.3 Å². The van der Waals surface area contributed by atoms with E-state index in [0.717, 1.165) is 29.6 Å². The number of methoxy groups -OCH3 is 1. The Morgan fingerprint density at radius 3 is 2.96 bits per heavy atom. The zero-order valence-corrected chi connectivity index (χ0v) is 15.4. The van der Waals surface area contributed by atoms with Gasteiger partial charge in [0.25, 0.3) is 0 Å². The van der Waals surface area contributed by atoms with Crippen LogP contribution in [-0.4, -0.2) is 35.3 Å². The summed E-state index contributed by atoms with van der Waals surface area (Å²) < 4.78 is 5.43. The van der Waals surface area contributed by atoms with E-state index in [1.807, 2.05) is 0 Å². The summed E-state index contributed by atoms with van der Waals surface area (Å²) in [5.41, 5.74) is 3.92. The first-order valence-corrected chi connectivity index (χ1v) is 9.36. The van der Waals surface area contributed by atoms with Crippen LogP contribution in [0.5, 0.6) is 0 Å². The van der Waals surface area contributed by atoms with Crippen LogP contribution >= 0.6 is 11.8 Å². The van der Waals surface area contributed by atoms with Crippen LogP contribution in [0.25, 0.3) is 0 Å². The van der Waals surface area contributed by atoms with Crippen molar-refractivity contribution in [1.82, 2.24) is 14.9 Å². The molecule has 0 radical (unpaired) electrons. The molecule has 0 amide bonds. The Bertz CT molecular complexity index is 808. The smallest absolute Gasteiger partial charge is 0.168 e. The summed E-state index contributed by atoms with van der Waals surface area (Å²) in [5, 5.41) is 0.925. The first-order valence-electron chi connectivity index (χ1n) is 8.54. The van der Waals surface area contributed by atoms with Crippen molar-refractivity contribution in [2.75, 3.05) is 25.3 Å². The van der Waals surface area contributed by atoms with Gasteiger partial charge in [-0.2, -0.15) is 0 Å². The summed E-state index contributed by atoms with van der Waals surface area (Å²) in [6.07, 6.45) is 8.22. The number of anilines is 2. The first kappa shape index (κ1) is 16.4. The molecule has 2 aromatic rings. The second-order valence-corrected chi connectivity index (χ2v) is 7.52. The van der Waals surface area contributed by atoms with Crippen molar-refractivity contribution in [3.63, 3.8) is 0 Å². The molecular formula is C19H22N4OS. The summed E-state index contributed by atoms with van der Waals surface area (Å²) >= 11 is 1.67. The molecule has 0 saturated carbocycles. The van der Waals surface area contributed by atoms with E-state index in [4.69, 9.17) is 4.74 Å². The number of allylic oxidation sites excluding steroid dienone is 1. The SMILES string of the molecule is COCN1c2cc(CN3C=C(C)CCC3)ccc2Sc2nccnc21. The highest BCUT2D eigenvalue weighted by Gasteiger charge is 2.26. The van der Waals surface area contributed by atoms with Gasteiger partial charge >= 0.3 is 0 Å². The predicted octanol–water partition coefficient (Wildman–Crippen LogP) is 4.18. The van der Waals surface area contributed by atoms with E-state index in [0.29, 0.717) is 6.73 Å². The Kier molecular flexibility index (Phi) is 4.63. The highest BCUT2D eigenvalue weighted by atomic mass is 32.2. The number of rotatable bonds is 4. The monoisotopic (exact) mass is 354 g/mol.